The maximum atomic E-state index is 12.8. The Balaban J connectivity index is 3.13. The molecule has 0 spiro atoms. The van der Waals surface area contributed by atoms with Gasteiger partial charge in [0.1, 0.15) is 5.82 Å². The van der Waals surface area contributed by atoms with Crippen molar-refractivity contribution in [2.45, 2.75) is 0 Å². The van der Waals surface area contributed by atoms with Gasteiger partial charge >= 0.3 is 16.5 Å². The van der Waals surface area contributed by atoms with Crippen molar-refractivity contribution in [3.63, 3.8) is 0 Å². The van der Waals surface area contributed by atoms with Crippen LogP contribution in [-0.2, 0) is 0 Å². The predicted octanol–water partition coefficient (Wildman–Crippen LogP) is -0.284. The first-order chi connectivity index (χ1) is 7.08. The molecule has 5 nitrogen and oxygen atoms in total. The minimum Gasteiger partial charge on any atom is -0.317 e. The zero-order chi connectivity index (χ0) is 11.0. The number of benzene rings is 1. The number of aromatic amines is 2. The van der Waals surface area contributed by atoms with Crippen LogP contribution in [0.2, 0.25) is 0 Å². The zero-order valence-electron chi connectivity index (χ0n) is 7.33. The van der Waals surface area contributed by atoms with Gasteiger partial charge in [0, 0.05) is 0 Å². The molecule has 2 N–H and O–H groups in total. The van der Waals surface area contributed by atoms with Crippen molar-refractivity contribution in [1.29, 1.82) is 0 Å². The Morgan fingerprint density at radius 3 is 2.20 bits per heavy atom. The second-order valence-corrected chi connectivity index (χ2v) is 2.93. The van der Waals surface area contributed by atoms with Crippen LogP contribution in [0.1, 0.15) is 0 Å². The fraction of sp³-hybridized carbons (Fsp3) is 0. The minimum absolute atomic E-state index is 0.0687. The Labute approximate surface area is 81.2 Å². The lowest BCUT2D eigenvalue weighted by atomic mass is 10.3. The average molecular weight is 208 g/mol. The highest BCUT2D eigenvalue weighted by molar-refractivity contribution is 5.72. The fourth-order valence-electron chi connectivity index (χ4n) is 1.19. The van der Waals surface area contributed by atoms with Crippen molar-refractivity contribution in [3.8, 4) is 0 Å². The van der Waals surface area contributed by atoms with Gasteiger partial charge in [-0.15, -0.1) is 0 Å². The molecule has 0 bridgehead atoms. The van der Waals surface area contributed by atoms with Crippen LogP contribution in [0.5, 0.6) is 0 Å². The lowest BCUT2D eigenvalue weighted by molar-refractivity contribution is 0.629. The summed E-state index contributed by atoms with van der Waals surface area (Å²) in [5, 5.41) is 0. The topological polar surface area (TPSA) is 82.8 Å². The van der Waals surface area contributed by atoms with Crippen molar-refractivity contribution < 1.29 is 4.39 Å². The van der Waals surface area contributed by atoms with Crippen LogP contribution in [-0.4, -0.2) is 9.97 Å². The van der Waals surface area contributed by atoms with E-state index in [2.05, 4.69) is 9.97 Å². The Morgan fingerprint density at radius 1 is 0.933 bits per heavy atom. The van der Waals surface area contributed by atoms with Gasteiger partial charge in [0.15, 0.2) is 0 Å². The van der Waals surface area contributed by atoms with Crippen molar-refractivity contribution in [2.75, 3.05) is 0 Å². The van der Waals surface area contributed by atoms with E-state index in [-0.39, 0.29) is 11.0 Å². The van der Waals surface area contributed by atoms with Gasteiger partial charge in [-0.25, -0.2) is 4.39 Å². The van der Waals surface area contributed by atoms with E-state index in [0.29, 0.717) is 0 Å². The molecule has 1 heterocycles. The number of hydrogen-bond donors (Lipinski definition) is 2. The summed E-state index contributed by atoms with van der Waals surface area (Å²) >= 11 is 0. The van der Waals surface area contributed by atoms with E-state index in [9.17, 15) is 18.8 Å². The molecule has 0 atom stereocenters. The highest BCUT2D eigenvalue weighted by Gasteiger charge is 2.01. The molecule has 0 aliphatic rings. The number of aromatic nitrogens is 2. The summed E-state index contributed by atoms with van der Waals surface area (Å²) in [5.41, 5.74) is -3.04. The number of fused-ring (bicyclic) bond motifs is 1. The first kappa shape index (κ1) is 9.32. The molecule has 2 rings (SSSR count). The largest absolute Gasteiger partial charge is 0.317 e. The SMILES string of the molecule is O=c1[nH]c2ccc(F)cc2[nH]c(=O)c1=O. The summed E-state index contributed by atoms with van der Waals surface area (Å²) in [7, 11) is 0. The van der Waals surface area contributed by atoms with Crippen LogP contribution in [0.3, 0.4) is 0 Å². The molecule has 0 fully saturated rings. The second kappa shape index (κ2) is 3.16. The van der Waals surface area contributed by atoms with E-state index in [0.717, 1.165) is 12.1 Å². The Kier molecular flexibility index (Phi) is 1.96. The van der Waals surface area contributed by atoms with Crippen molar-refractivity contribution in [3.05, 3.63) is 54.9 Å². The molecule has 6 heteroatoms. The summed E-state index contributed by atoms with van der Waals surface area (Å²) in [4.78, 5) is 37.4. The van der Waals surface area contributed by atoms with Gasteiger partial charge in [-0.05, 0) is 18.2 Å². The number of halogens is 1. The van der Waals surface area contributed by atoms with Crippen LogP contribution < -0.4 is 16.5 Å². The van der Waals surface area contributed by atoms with Gasteiger partial charge in [0.05, 0.1) is 11.0 Å². The minimum atomic E-state index is -1.20. The summed E-state index contributed by atoms with van der Waals surface area (Å²) in [6, 6.07) is 3.40. The van der Waals surface area contributed by atoms with E-state index in [1.807, 2.05) is 0 Å². The molecule has 0 saturated carbocycles. The lowest BCUT2D eigenvalue weighted by Crippen LogP contribution is -2.36. The van der Waals surface area contributed by atoms with E-state index in [1.165, 1.54) is 6.07 Å². The van der Waals surface area contributed by atoms with Gasteiger partial charge < -0.3 is 9.97 Å². The molecule has 0 saturated heterocycles. The van der Waals surface area contributed by atoms with Gasteiger partial charge in [0.2, 0.25) is 0 Å². The third-order valence-corrected chi connectivity index (χ3v) is 1.89. The van der Waals surface area contributed by atoms with E-state index >= 15 is 0 Å². The molecule has 0 aliphatic carbocycles. The van der Waals surface area contributed by atoms with Crippen LogP contribution in [0.15, 0.2) is 32.6 Å². The Morgan fingerprint density at radius 2 is 1.53 bits per heavy atom. The second-order valence-electron chi connectivity index (χ2n) is 2.93. The van der Waals surface area contributed by atoms with Crippen LogP contribution >= 0.6 is 0 Å². The zero-order valence-corrected chi connectivity index (χ0v) is 7.33. The summed E-state index contributed by atoms with van der Waals surface area (Å²) < 4.78 is 12.8. The molecule has 0 radical (unpaired) electrons. The van der Waals surface area contributed by atoms with Crippen LogP contribution in [0, 0.1) is 5.82 Å². The molecule has 0 unspecified atom stereocenters. The molecule has 1 aromatic carbocycles. The molecule has 0 amide bonds. The number of hydrogen-bond acceptors (Lipinski definition) is 3. The van der Waals surface area contributed by atoms with Crippen LogP contribution in [0.4, 0.5) is 4.39 Å². The van der Waals surface area contributed by atoms with Crippen molar-refractivity contribution in [1.82, 2.24) is 9.97 Å². The molecule has 76 valence electrons. The number of nitrogens with one attached hydrogen (secondary N) is 2. The van der Waals surface area contributed by atoms with Gasteiger partial charge in [0.25, 0.3) is 0 Å². The molecular formula is C9H5FN2O3. The van der Waals surface area contributed by atoms with Gasteiger partial charge in [-0.1, -0.05) is 0 Å². The first-order valence-electron chi connectivity index (χ1n) is 4.04. The number of rotatable bonds is 0. The van der Waals surface area contributed by atoms with E-state index in [1.54, 1.807) is 0 Å². The molecule has 2 aromatic rings. The summed E-state index contributed by atoms with van der Waals surface area (Å²) in [6.45, 7) is 0. The van der Waals surface area contributed by atoms with Gasteiger partial charge in [-0.2, -0.15) is 0 Å². The molecule has 0 aliphatic heterocycles. The average Bonchev–Trinajstić information content (AvgIpc) is 2.29. The number of H-pyrrole nitrogens is 2. The monoisotopic (exact) mass is 208 g/mol. The molecule has 15 heavy (non-hydrogen) atoms. The molecular weight excluding hydrogens is 203 g/mol. The third kappa shape index (κ3) is 1.56. The van der Waals surface area contributed by atoms with Crippen molar-refractivity contribution >= 4 is 11.0 Å². The van der Waals surface area contributed by atoms with Crippen LogP contribution in [0.25, 0.3) is 11.0 Å². The predicted molar refractivity (Wildman–Crippen MR) is 51.4 cm³/mol. The third-order valence-electron chi connectivity index (χ3n) is 1.89. The summed E-state index contributed by atoms with van der Waals surface area (Å²) in [6.07, 6.45) is 0. The van der Waals surface area contributed by atoms with E-state index in [4.69, 9.17) is 0 Å². The maximum absolute atomic E-state index is 12.8. The van der Waals surface area contributed by atoms with Gasteiger partial charge in [-0.3, -0.25) is 14.4 Å². The fourth-order valence-corrected chi connectivity index (χ4v) is 1.19. The van der Waals surface area contributed by atoms with Crippen molar-refractivity contribution in [2.24, 2.45) is 0 Å². The normalized spacial score (nSPS) is 10.5. The van der Waals surface area contributed by atoms with E-state index < -0.39 is 22.4 Å². The highest BCUT2D eigenvalue weighted by atomic mass is 19.1. The maximum Gasteiger partial charge on any atom is 0.307 e. The quantitative estimate of drug-likeness (QED) is 0.584. The summed E-state index contributed by atoms with van der Waals surface area (Å²) in [5.74, 6) is -0.572. The molecule has 1 aromatic heterocycles. The standard InChI is InChI=1S/C9H5FN2O3/c10-4-1-2-5-6(3-4)12-9(15)7(13)8(14)11-5/h1-3H,(H2,11,12,13,14,15). The first-order valence-corrected chi connectivity index (χ1v) is 4.04. The highest BCUT2D eigenvalue weighted by Crippen LogP contribution is 2.06. The lowest BCUT2D eigenvalue weighted by Gasteiger charge is -1.90. The Bertz CT molecular complexity index is 702. The smallest absolute Gasteiger partial charge is 0.307 e. The Hall–Kier alpha value is -2.24.